The lowest BCUT2D eigenvalue weighted by atomic mass is 9.56. The fraction of sp³-hybridized carbons (Fsp3) is 0.762. The predicted octanol–water partition coefficient (Wildman–Crippen LogP) is 3.30. The molecule has 5 aliphatic rings. The summed E-state index contributed by atoms with van der Waals surface area (Å²) in [5, 5.41) is 9.56. The molecule has 1 aromatic heterocycles. The normalized spacial score (nSPS) is 33.0. The molecule has 1 aromatic rings. The summed E-state index contributed by atoms with van der Waals surface area (Å²) < 4.78 is 29.1. The number of piperidine rings is 2. The Labute approximate surface area is 169 Å². The van der Waals surface area contributed by atoms with Crippen LogP contribution in [-0.4, -0.2) is 46.7 Å². The van der Waals surface area contributed by atoms with Crippen LogP contribution in [0.3, 0.4) is 0 Å². The van der Waals surface area contributed by atoms with Crippen LogP contribution in [0.2, 0.25) is 0 Å². The standard InChI is InChI=1S/C21H28F2N4O2/c1-3-14(19(28)29)16-12-8-13(16)10-26(9-12)18-15-4-6-21(22,23)17(15)24-20(25-18)27-7-5-11(27)2/h11-14,16H,3-10H2,1-2H3,(H,28,29). The van der Waals surface area contributed by atoms with E-state index in [2.05, 4.69) is 16.8 Å². The van der Waals surface area contributed by atoms with Gasteiger partial charge in [-0.1, -0.05) is 6.92 Å². The van der Waals surface area contributed by atoms with Crippen LogP contribution in [0.4, 0.5) is 20.5 Å². The molecule has 1 N–H and O–H groups in total. The smallest absolute Gasteiger partial charge is 0.306 e. The molecule has 158 valence electrons. The molecule has 8 heteroatoms. The van der Waals surface area contributed by atoms with Crippen LogP contribution < -0.4 is 9.80 Å². The second kappa shape index (κ2) is 6.51. The lowest BCUT2D eigenvalue weighted by molar-refractivity contribution is -0.150. The van der Waals surface area contributed by atoms with Crippen molar-refractivity contribution >= 4 is 17.7 Å². The number of hydrogen-bond acceptors (Lipinski definition) is 5. The van der Waals surface area contributed by atoms with Gasteiger partial charge < -0.3 is 14.9 Å². The number of hydrogen-bond donors (Lipinski definition) is 1. The minimum absolute atomic E-state index is 0.0932. The molecular formula is C21H28F2N4O2. The molecule has 2 bridgehead atoms. The van der Waals surface area contributed by atoms with Crippen LogP contribution in [0.25, 0.3) is 0 Å². The molecule has 0 amide bonds. The topological polar surface area (TPSA) is 69.6 Å². The Morgan fingerprint density at radius 2 is 2.03 bits per heavy atom. The first-order chi connectivity index (χ1) is 13.8. The van der Waals surface area contributed by atoms with Crippen molar-refractivity contribution in [3.05, 3.63) is 11.3 Å². The zero-order valence-corrected chi connectivity index (χ0v) is 16.9. The molecule has 3 aliphatic heterocycles. The van der Waals surface area contributed by atoms with Gasteiger partial charge in [-0.25, -0.2) is 4.98 Å². The van der Waals surface area contributed by atoms with Crippen LogP contribution in [0.1, 0.15) is 50.8 Å². The number of rotatable bonds is 5. The number of alkyl halides is 2. The molecule has 6 nitrogen and oxygen atoms in total. The summed E-state index contributed by atoms with van der Waals surface area (Å²) in [6, 6.07) is 0.274. The molecule has 0 spiro atoms. The second-order valence-corrected chi connectivity index (χ2v) is 9.30. The number of anilines is 2. The summed E-state index contributed by atoms with van der Waals surface area (Å²) in [7, 11) is 0. The number of carboxylic acid groups (broad SMARTS) is 1. The van der Waals surface area contributed by atoms with Gasteiger partial charge in [0.1, 0.15) is 11.5 Å². The Morgan fingerprint density at radius 1 is 1.31 bits per heavy atom. The first-order valence-electron chi connectivity index (χ1n) is 10.8. The van der Waals surface area contributed by atoms with Gasteiger partial charge in [-0.3, -0.25) is 4.79 Å². The SMILES string of the molecule is CCC(C(=O)O)C1C2CC1CN(c1nc(N3CCC3C)nc3c1CCC3(F)F)C2. The maximum Gasteiger partial charge on any atom is 0.306 e. The average Bonchev–Trinajstić information content (AvgIpc) is 2.98. The lowest BCUT2D eigenvalue weighted by Crippen LogP contribution is -2.58. The van der Waals surface area contributed by atoms with Crippen molar-refractivity contribution in [3.8, 4) is 0 Å². The van der Waals surface area contributed by atoms with E-state index < -0.39 is 11.9 Å². The van der Waals surface area contributed by atoms with Crippen molar-refractivity contribution in [3.63, 3.8) is 0 Å². The summed E-state index contributed by atoms with van der Waals surface area (Å²) in [6.45, 7) is 6.21. The molecule has 6 rings (SSSR count). The number of nitrogens with zero attached hydrogens (tertiary/aromatic N) is 4. The highest BCUT2D eigenvalue weighted by molar-refractivity contribution is 5.71. The van der Waals surface area contributed by atoms with Crippen molar-refractivity contribution in [2.75, 3.05) is 29.4 Å². The molecule has 2 aliphatic carbocycles. The van der Waals surface area contributed by atoms with Crippen LogP contribution in [0.15, 0.2) is 0 Å². The predicted molar refractivity (Wildman–Crippen MR) is 104 cm³/mol. The van der Waals surface area contributed by atoms with Gasteiger partial charge in [0.2, 0.25) is 5.95 Å². The summed E-state index contributed by atoms with van der Waals surface area (Å²) >= 11 is 0. The highest BCUT2D eigenvalue weighted by Gasteiger charge is 2.53. The summed E-state index contributed by atoms with van der Waals surface area (Å²) in [5.41, 5.74) is 0.499. The van der Waals surface area contributed by atoms with Gasteiger partial charge >= 0.3 is 5.97 Å². The van der Waals surface area contributed by atoms with E-state index in [1.54, 1.807) is 0 Å². The van der Waals surface area contributed by atoms with Crippen LogP contribution >= 0.6 is 0 Å². The van der Waals surface area contributed by atoms with Crippen LogP contribution in [0.5, 0.6) is 0 Å². The largest absolute Gasteiger partial charge is 0.481 e. The van der Waals surface area contributed by atoms with Gasteiger partial charge in [0.25, 0.3) is 5.92 Å². The number of fused-ring (bicyclic) bond motifs is 3. The number of carbonyl (C=O) groups is 1. The first-order valence-corrected chi connectivity index (χ1v) is 10.8. The van der Waals surface area contributed by atoms with Gasteiger partial charge in [0.15, 0.2) is 0 Å². The third kappa shape index (κ3) is 2.81. The summed E-state index contributed by atoms with van der Waals surface area (Å²) in [5.74, 6) is -2.03. The maximum atomic E-state index is 14.5. The fourth-order valence-corrected chi connectivity index (χ4v) is 5.96. The maximum absolute atomic E-state index is 14.5. The molecule has 1 saturated carbocycles. The molecular weight excluding hydrogens is 378 g/mol. The highest BCUT2D eigenvalue weighted by Crippen LogP contribution is 2.52. The molecule has 0 radical (unpaired) electrons. The summed E-state index contributed by atoms with van der Waals surface area (Å²) in [4.78, 5) is 24.9. The number of aliphatic carboxylic acids is 1. The van der Waals surface area contributed by atoms with Crippen LogP contribution in [-0.2, 0) is 17.1 Å². The third-order valence-corrected chi connectivity index (χ3v) is 7.71. The minimum Gasteiger partial charge on any atom is -0.481 e. The van der Waals surface area contributed by atoms with Crippen molar-refractivity contribution < 1.29 is 18.7 Å². The van der Waals surface area contributed by atoms with E-state index in [9.17, 15) is 18.7 Å². The van der Waals surface area contributed by atoms with Gasteiger partial charge in [-0.2, -0.15) is 13.8 Å². The van der Waals surface area contributed by atoms with Gasteiger partial charge in [0, 0.05) is 37.7 Å². The Hall–Kier alpha value is -1.99. The molecule has 0 aromatic carbocycles. The zero-order chi connectivity index (χ0) is 20.5. The van der Waals surface area contributed by atoms with Crippen molar-refractivity contribution in [2.45, 2.75) is 57.9 Å². The van der Waals surface area contributed by atoms with Crippen molar-refractivity contribution in [2.24, 2.45) is 23.7 Å². The van der Waals surface area contributed by atoms with Crippen molar-refractivity contribution in [1.82, 2.24) is 9.97 Å². The summed E-state index contributed by atoms with van der Waals surface area (Å²) in [6.07, 6.45) is 2.79. The van der Waals surface area contributed by atoms with Crippen LogP contribution in [0, 0.1) is 23.7 Å². The molecule has 4 fully saturated rings. The average molecular weight is 406 g/mol. The number of halogens is 2. The molecule has 4 atom stereocenters. The highest BCUT2D eigenvalue weighted by atomic mass is 19.3. The third-order valence-electron chi connectivity index (χ3n) is 7.71. The monoisotopic (exact) mass is 406 g/mol. The molecule has 4 unspecified atom stereocenters. The van der Waals surface area contributed by atoms with Gasteiger partial charge in [0.05, 0.1) is 5.92 Å². The number of carboxylic acids is 1. The van der Waals surface area contributed by atoms with E-state index in [-0.39, 0.29) is 30.0 Å². The molecule has 29 heavy (non-hydrogen) atoms. The van der Waals surface area contributed by atoms with Gasteiger partial charge in [-0.15, -0.1) is 0 Å². The second-order valence-electron chi connectivity index (χ2n) is 9.30. The van der Waals surface area contributed by atoms with E-state index >= 15 is 0 Å². The fourth-order valence-electron chi connectivity index (χ4n) is 5.96. The molecule has 4 heterocycles. The number of aromatic nitrogens is 2. The first kappa shape index (κ1) is 19.0. The Kier molecular flexibility index (Phi) is 4.26. The van der Waals surface area contributed by atoms with Gasteiger partial charge in [-0.05, 0) is 50.4 Å². The Balaban J connectivity index is 1.46. The van der Waals surface area contributed by atoms with E-state index in [1.807, 2.05) is 11.8 Å². The van der Waals surface area contributed by atoms with E-state index in [0.29, 0.717) is 55.1 Å². The quantitative estimate of drug-likeness (QED) is 0.809. The van der Waals surface area contributed by atoms with E-state index in [0.717, 1.165) is 19.4 Å². The van der Waals surface area contributed by atoms with Crippen molar-refractivity contribution in [1.29, 1.82) is 0 Å². The Bertz CT molecular complexity index is 836. The zero-order valence-electron chi connectivity index (χ0n) is 16.9. The Morgan fingerprint density at radius 3 is 2.59 bits per heavy atom. The van der Waals surface area contributed by atoms with E-state index in [1.165, 1.54) is 0 Å². The minimum atomic E-state index is -2.90. The molecule has 3 saturated heterocycles. The lowest BCUT2D eigenvalue weighted by Gasteiger charge is -2.56. The van der Waals surface area contributed by atoms with E-state index in [4.69, 9.17) is 4.98 Å².